The van der Waals surface area contributed by atoms with E-state index >= 15 is 0 Å². The fraction of sp³-hybridized carbons (Fsp3) is 0.529. The number of nitrogens with two attached hydrogens (primary N) is 1. The van der Waals surface area contributed by atoms with Crippen LogP contribution in [0.25, 0.3) is 0 Å². The summed E-state index contributed by atoms with van der Waals surface area (Å²) < 4.78 is 22.4. The zero-order valence-corrected chi connectivity index (χ0v) is 16.6. The van der Waals surface area contributed by atoms with Crippen LogP contribution in [0.2, 0.25) is 0 Å². The van der Waals surface area contributed by atoms with E-state index < -0.39 is 27.8 Å². The van der Waals surface area contributed by atoms with Crippen molar-refractivity contribution >= 4 is 39.7 Å². The Morgan fingerprint density at radius 3 is 2.54 bits per heavy atom. The van der Waals surface area contributed by atoms with E-state index in [1.54, 1.807) is 4.90 Å². The number of nitrogens with zero attached hydrogens (tertiary/aromatic N) is 1. The third kappa shape index (κ3) is 6.26. The first-order valence-electron chi connectivity index (χ1n) is 8.29. The Morgan fingerprint density at radius 1 is 1.35 bits per heavy atom. The maximum atomic E-state index is 12.7. The molecule has 2 unspecified atom stereocenters. The molecular weight excluding hydrogens is 378 g/mol. The first-order valence-corrected chi connectivity index (χ1v) is 10.3. The maximum absolute atomic E-state index is 12.7. The molecule has 0 saturated carbocycles. The molecule has 0 aromatic heterocycles. The van der Waals surface area contributed by atoms with Gasteiger partial charge >= 0.3 is 0 Å². The standard InChI is InChI=1S/C17H25N3O4S.ClH/c1-12-5-7-13(8-6-12)20-10-3-4-15(17(20)22)19-16(21)14(18)9-11-25(2,23)24;/h5-8,14-15H,3-4,9-11,18H2,1-2H3,(H,19,21);1H. The summed E-state index contributed by atoms with van der Waals surface area (Å²) in [6, 6.07) is 6.06. The third-order valence-corrected chi connectivity index (χ3v) is 5.21. The van der Waals surface area contributed by atoms with E-state index in [0.717, 1.165) is 23.9 Å². The van der Waals surface area contributed by atoms with Crippen LogP contribution in [0.15, 0.2) is 24.3 Å². The van der Waals surface area contributed by atoms with Gasteiger partial charge in [-0.2, -0.15) is 0 Å². The van der Waals surface area contributed by atoms with Gasteiger partial charge < -0.3 is 16.0 Å². The summed E-state index contributed by atoms with van der Waals surface area (Å²) in [7, 11) is -3.18. The Bertz CT molecular complexity index is 737. The lowest BCUT2D eigenvalue weighted by molar-refractivity contribution is -0.129. The molecule has 1 aliphatic heterocycles. The SMILES string of the molecule is Cc1ccc(N2CCCC(NC(=O)C(N)CCS(C)(=O)=O)C2=O)cc1.Cl. The van der Waals surface area contributed by atoms with Crippen LogP contribution in [0.3, 0.4) is 0 Å². The third-order valence-electron chi connectivity index (χ3n) is 4.24. The van der Waals surface area contributed by atoms with Gasteiger partial charge in [0.2, 0.25) is 11.8 Å². The number of benzene rings is 1. The lowest BCUT2D eigenvalue weighted by Crippen LogP contribution is -2.55. The van der Waals surface area contributed by atoms with Gasteiger partial charge in [0.15, 0.2) is 0 Å². The van der Waals surface area contributed by atoms with E-state index in [-0.39, 0.29) is 30.5 Å². The van der Waals surface area contributed by atoms with Gasteiger partial charge in [0.25, 0.3) is 0 Å². The van der Waals surface area contributed by atoms with Gasteiger partial charge in [0.05, 0.1) is 11.8 Å². The van der Waals surface area contributed by atoms with Crippen LogP contribution in [0.4, 0.5) is 5.69 Å². The monoisotopic (exact) mass is 403 g/mol. The Balaban J connectivity index is 0.00000338. The molecule has 9 heteroatoms. The van der Waals surface area contributed by atoms with Crippen molar-refractivity contribution in [1.82, 2.24) is 5.32 Å². The van der Waals surface area contributed by atoms with Gasteiger partial charge in [-0.05, 0) is 38.3 Å². The summed E-state index contributed by atoms with van der Waals surface area (Å²) in [5.41, 5.74) is 7.66. The molecule has 3 N–H and O–H groups in total. The number of hydrogen-bond acceptors (Lipinski definition) is 5. The van der Waals surface area contributed by atoms with Crippen LogP contribution in [0.1, 0.15) is 24.8 Å². The Labute approximate surface area is 160 Å². The molecule has 1 fully saturated rings. The van der Waals surface area contributed by atoms with Crippen LogP contribution >= 0.6 is 12.4 Å². The number of aryl methyl sites for hydroxylation is 1. The lowest BCUT2D eigenvalue weighted by atomic mass is 10.0. The summed E-state index contributed by atoms with van der Waals surface area (Å²) in [5, 5.41) is 2.67. The summed E-state index contributed by atoms with van der Waals surface area (Å²) >= 11 is 0. The van der Waals surface area contributed by atoms with Crippen LogP contribution in [0, 0.1) is 6.92 Å². The highest BCUT2D eigenvalue weighted by molar-refractivity contribution is 7.90. The molecule has 1 aromatic rings. The quantitative estimate of drug-likeness (QED) is 0.729. The predicted molar refractivity (Wildman–Crippen MR) is 104 cm³/mol. The first-order chi connectivity index (χ1) is 11.7. The molecule has 26 heavy (non-hydrogen) atoms. The normalized spacial score (nSPS) is 18.8. The lowest BCUT2D eigenvalue weighted by Gasteiger charge is -2.33. The molecule has 1 aromatic carbocycles. The van der Waals surface area contributed by atoms with Gasteiger partial charge in [-0.1, -0.05) is 17.7 Å². The molecule has 2 amide bonds. The Hall–Kier alpha value is -1.64. The maximum Gasteiger partial charge on any atom is 0.249 e. The van der Waals surface area contributed by atoms with Crippen molar-refractivity contribution in [3.63, 3.8) is 0 Å². The molecule has 2 atom stereocenters. The van der Waals surface area contributed by atoms with Crippen molar-refractivity contribution in [3.05, 3.63) is 29.8 Å². The molecule has 7 nitrogen and oxygen atoms in total. The molecule has 2 rings (SSSR count). The van der Waals surface area contributed by atoms with E-state index in [9.17, 15) is 18.0 Å². The number of amides is 2. The number of anilines is 1. The molecular formula is C17H26ClN3O4S. The minimum atomic E-state index is -3.18. The van der Waals surface area contributed by atoms with Gasteiger partial charge in [0, 0.05) is 18.5 Å². The topological polar surface area (TPSA) is 110 Å². The molecule has 0 radical (unpaired) electrons. The van der Waals surface area contributed by atoms with Crippen molar-refractivity contribution in [1.29, 1.82) is 0 Å². The van der Waals surface area contributed by atoms with Crippen LogP contribution in [-0.4, -0.2) is 50.9 Å². The highest BCUT2D eigenvalue weighted by Gasteiger charge is 2.31. The zero-order chi connectivity index (χ0) is 18.6. The summed E-state index contributed by atoms with van der Waals surface area (Å²) in [4.78, 5) is 26.5. The Kier molecular flexibility index (Phi) is 8.05. The van der Waals surface area contributed by atoms with Gasteiger partial charge in [-0.25, -0.2) is 8.42 Å². The molecule has 0 bridgehead atoms. The van der Waals surface area contributed by atoms with Crippen molar-refractivity contribution in [2.45, 2.75) is 38.3 Å². The smallest absolute Gasteiger partial charge is 0.249 e. The average molecular weight is 404 g/mol. The molecule has 1 saturated heterocycles. The van der Waals surface area contributed by atoms with Gasteiger partial charge in [-0.3, -0.25) is 9.59 Å². The number of halogens is 1. The highest BCUT2D eigenvalue weighted by Crippen LogP contribution is 2.21. The molecule has 146 valence electrons. The summed E-state index contributed by atoms with van der Waals surface area (Å²) in [6.45, 7) is 2.58. The minimum Gasteiger partial charge on any atom is -0.343 e. The van der Waals surface area contributed by atoms with Crippen molar-refractivity contribution in [2.75, 3.05) is 23.5 Å². The number of rotatable bonds is 6. The fourth-order valence-corrected chi connectivity index (χ4v) is 3.42. The molecule has 0 spiro atoms. The Morgan fingerprint density at radius 2 is 1.96 bits per heavy atom. The van der Waals surface area contributed by atoms with Crippen molar-refractivity contribution in [2.24, 2.45) is 5.73 Å². The number of hydrogen-bond donors (Lipinski definition) is 2. The largest absolute Gasteiger partial charge is 0.343 e. The van der Waals surface area contributed by atoms with E-state index in [0.29, 0.717) is 13.0 Å². The van der Waals surface area contributed by atoms with Crippen LogP contribution < -0.4 is 16.0 Å². The predicted octanol–water partition coefficient (Wildman–Crippen LogP) is 0.790. The second-order valence-corrected chi connectivity index (χ2v) is 8.81. The number of piperidine rings is 1. The highest BCUT2D eigenvalue weighted by atomic mass is 35.5. The summed E-state index contributed by atoms with van der Waals surface area (Å²) in [6.07, 6.45) is 2.45. The molecule has 1 heterocycles. The number of carbonyl (C=O) groups is 2. The second-order valence-electron chi connectivity index (χ2n) is 6.55. The average Bonchev–Trinajstić information content (AvgIpc) is 2.54. The number of sulfone groups is 1. The first kappa shape index (κ1) is 22.4. The van der Waals surface area contributed by atoms with Gasteiger partial charge in [0.1, 0.15) is 15.9 Å². The van der Waals surface area contributed by atoms with Crippen LogP contribution in [-0.2, 0) is 19.4 Å². The van der Waals surface area contributed by atoms with Gasteiger partial charge in [-0.15, -0.1) is 12.4 Å². The zero-order valence-electron chi connectivity index (χ0n) is 15.0. The molecule has 0 aliphatic carbocycles. The molecule has 1 aliphatic rings. The number of nitrogens with one attached hydrogen (secondary N) is 1. The minimum absolute atomic E-state index is 0. The van der Waals surface area contributed by atoms with E-state index in [1.165, 1.54) is 0 Å². The van der Waals surface area contributed by atoms with Crippen molar-refractivity contribution < 1.29 is 18.0 Å². The fourth-order valence-electron chi connectivity index (χ4n) is 2.74. The van der Waals surface area contributed by atoms with Crippen molar-refractivity contribution in [3.8, 4) is 0 Å². The van der Waals surface area contributed by atoms with E-state index in [4.69, 9.17) is 5.73 Å². The van der Waals surface area contributed by atoms with Crippen LogP contribution in [0.5, 0.6) is 0 Å². The number of carbonyl (C=O) groups excluding carboxylic acids is 2. The second kappa shape index (κ2) is 9.34. The summed E-state index contributed by atoms with van der Waals surface area (Å²) in [5.74, 6) is -0.818. The van der Waals surface area contributed by atoms with E-state index in [2.05, 4.69) is 5.32 Å². The van der Waals surface area contributed by atoms with E-state index in [1.807, 2.05) is 31.2 Å².